The number of carbonyl (C=O) groups is 1. The lowest BCUT2D eigenvalue weighted by molar-refractivity contribution is 0.0490. The Labute approximate surface area is 157 Å². The third-order valence-electron chi connectivity index (χ3n) is 4.66. The average molecular weight is 375 g/mol. The van der Waals surface area contributed by atoms with Gasteiger partial charge < -0.3 is 9.29 Å². The molecule has 3 rings (SSSR count). The SMILES string of the molecule is CC(=N[S@+]([O-])C(C)(C)C)c1ccc2c(ccn2C(=O)C2CCOCC2)c1. The summed E-state index contributed by atoms with van der Waals surface area (Å²) in [5.74, 6) is 0.159. The Morgan fingerprint density at radius 1 is 1.27 bits per heavy atom. The van der Waals surface area contributed by atoms with Crippen molar-refractivity contribution in [2.24, 2.45) is 10.3 Å². The molecule has 1 fully saturated rings. The Kier molecular flexibility index (Phi) is 5.55. The van der Waals surface area contributed by atoms with Gasteiger partial charge in [0, 0.05) is 36.3 Å². The van der Waals surface area contributed by atoms with Gasteiger partial charge in [-0.2, -0.15) is 0 Å². The van der Waals surface area contributed by atoms with Crippen molar-refractivity contribution in [3.63, 3.8) is 0 Å². The number of aromatic nitrogens is 1. The highest BCUT2D eigenvalue weighted by molar-refractivity contribution is 7.91. The van der Waals surface area contributed by atoms with E-state index in [1.54, 1.807) is 4.57 Å². The molecule has 1 aliphatic rings. The Hall–Kier alpha value is -1.63. The monoisotopic (exact) mass is 374 g/mol. The van der Waals surface area contributed by atoms with Crippen molar-refractivity contribution in [1.29, 1.82) is 0 Å². The fourth-order valence-electron chi connectivity index (χ4n) is 3.01. The molecule has 2 aromatic rings. The standard InChI is InChI=1S/C20H26N2O3S/c1-14(21-26(24)20(2,3)4)16-5-6-18-17(13-16)7-10-22(18)19(23)15-8-11-25-12-9-15/h5-7,10,13,15H,8-9,11-12H2,1-4H3/t26-/m1/s1. The van der Waals surface area contributed by atoms with Crippen molar-refractivity contribution in [2.45, 2.75) is 45.3 Å². The van der Waals surface area contributed by atoms with Gasteiger partial charge in [-0.3, -0.25) is 9.36 Å². The van der Waals surface area contributed by atoms with Crippen LogP contribution >= 0.6 is 0 Å². The number of rotatable bonds is 3. The molecule has 26 heavy (non-hydrogen) atoms. The van der Waals surface area contributed by atoms with Crippen LogP contribution in [0.1, 0.15) is 50.9 Å². The van der Waals surface area contributed by atoms with Crippen molar-refractivity contribution in [3.05, 3.63) is 36.0 Å². The molecule has 1 aliphatic heterocycles. The number of hydrogen-bond donors (Lipinski definition) is 0. The van der Waals surface area contributed by atoms with Crippen LogP contribution in [0.4, 0.5) is 0 Å². The largest absolute Gasteiger partial charge is 0.591 e. The highest BCUT2D eigenvalue weighted by Gasteiger charge is 2.27. The fraction of sp³-hybridized carbons (Fsp3) is 0.500. The molecule has 6 heteroatoms. The van der Waals surface area contributed by atoms with Crippen molar-refractivity contribution in [2.75, 3.05) is 13.2 Å². The quantitative estimate of drug-likeness (QED) is 0.603. The van der Waals surface area contributed by atoms with Crippen LogP contribution in [0.5, 0.6) is 0 Å². The molecule has 1 saturated heterocycles. The molecule has 2 heterocycles. The van der Waals surface area contributed by atoms with E-state index >= 15 is 0 Å². The zero-order chi connectivity index (χ0) is 18.9. The maximum absolute atomic E-state index is 12.8. The highest BCUT2D eigenvalue weighted by atomic mass is 32.2. The molecule has 0 unspecified atom stereocenters. The van der Waals surface area contributed by atoms with E-state index in [2.05, 4.69) is 4.40 Å². The number of nitrogens with zero attached hydrogens (tertiary/aromatic N) is 2. The van der Waals surface area contributed by atoms with Crippen molar-refractivity contribution >= 4 is 33.9 Å². The van der Waals surface area contributed by atoms with Crippen LogP contribution in [0.3, 0.4) is 0 Å². The van der Waals surface area contributed by atoms with E-state index < -0.39 is 11.4 Å². The summed E-state index contributed by atoms with van der Waals surface area (Å²) >= 11 is -1.29. The van der Waals surface area contributed by atoms with Gasteiger partial charge in [0.15, 0.2) is 0 Å². The molecule has 0 radical (unpaired) electrons. The lowest BCUT2D eigenvalue weighted by Gasteiger charge is -2.21. The summed E-state index contributed by atoms with van der Waals surface area (Å²) in [5, 5.41) is 0.985. The highest BCUT2D eigenvalue weighted by Crippen LogP contribution is 2.24. The van der Waals surface area contributed by atoms with Crippen LogP contribution in [0.25, 0.3) is 10.9 Å². The van der Waals surface area contributed by atoms with Gasteiger partial charge in [0.25, 0.3) is 0 Å². The first-order valence-corrected chi connectivity index (χ1v) is 10.1. The molecule has 1 aromatic heterocycles. The lowest BCUT2D eigenvalue weighted by atomic mass is 9.99. The molecule has 0 bridgehead atoms. The van der Waals surface area contributed by atoms with Gasteiger partial charge in [-0.15, -0.1) is 0 Å². The first-order chi connectivity index (χ1) is 12.3. The van der Waals surface area contributed by atoms with E-state index in [0.29, 0.717) is 13.2 Å². The van der Waals surface area contributed by atoms with Gasteiger partial charge in [0.1, 0.15) is 16.1 Å². The van der Waals surface area contributed by atoms with Crippen LogP contribution in [0, 0.1) is 5.92 Å². The summed E-state index contributed by atoms with van der Waals surface area (Å²) in [6, 6.07) is 7.83. The number of hydrogen-bond acceptors (Lipinski definition) is 4. The number of fused-ring (bicyclic) bond motifs is 1. The number of carbonyl (C=O) groups excluding carboxylic acids is 1. The lowest BCUT2D eigenvalue weighted by Crippen LogP contribution is -2.27. The van der Waals surface area contributed by atoms with Crippen molar-refractivity contribution in [3.8, 4) is 0 Å². The Morgan fingerprint density at radius 2 is 1.96 bits per heavy atom. The van der Waals surface area contributed by atoms with E-state index in [-0.39, 0.29) is 16.6 Å². The van der Waals surface area contributed by atoms with Gasteiger partial charge in [-0.1, -0.05) is 10.5 Å². The Morgan fingerprint density at radius 3 is 2.62 bits per heavy atom. The normalized spacial score (nSPS) is 18.3. The first kappa shape index (κ1) is 19.1. The first-order valence-electron chi connectivity index (χ1n) is 8.98. The predicted molar refractivity (Wildman–Crippen MR) is 106 cm³/mol. The molecular weight excluding hydrogens is 348 g/mol. The average Bonchev–Trinajstić information content (AvgIpc) is 3.04. The third-order valence-corrected chi connectivity index (χ3v) is 6.15. The molecule has 140 valence electrons. The van der Waals surface area contributed by atoms with Gasteiger partial charge in [-0.05, 0) is 58.7 Å². The predicted octanol–water partition coefficient (Wildman–Crippen LogP) is 3.98. The number of ether oxygens (including phenoxy) is 1. The molecular formula is C20H26N2O3S. The Balaban J connectivity index is 1.87. The van der Waals surface area contributed by atoms with Crippen molar-refractivity contribution in [1.82, 2.24) is 4.57 Å². The molecule has 1 aromatic carbocycles. The smallest absolute Gasteiger partial charge is 0.234 e. The molecule has 0 aliphatic carbocycles. The maximum atomic E-state index is 12.8. The van der Waals surface area contributed by atoms with E-state index in [1.165, 1.54) is 0 Å². The maximum Gasteiger partial charge on any atom is 0.234 e. The molecule has 0 spiro atoms. The van der Waals surface area contributed by atoms with E-state index in [0.717, 1.165) is 35.0 Å². The minimum Gasteiger partial charge on any atom is -0.591 e. The molecule has 5 nitrogen and oxygen atoms in total. The molecule has 0 N–H and O–H groups in total. The molecule has 0 saturated carbocycles. The second-order valence-electron chi connectivity index (χ2n) is 7.72. The van der Waals surface area contributed by atoms with E-state index in [9.17, 15) is 9.35 Å². The van der Waals surface area contributed by atoms with Crippen LogP contribution in [0.2, 0.25) is 0 Å². The summed E-state index contributed by atoms with van der Waals surface area (Å²) in [6.45, 7) is 8.90. The zero-order valence-electron chi connectivity index (χ0n) is 15.8. The summed E-state index contributed by atoms with van der Waals surface area (Å²) < 4.78 is 23.3. The second-order valence-corrected chi connectivity index (χ2v) is 9.63. The minimum atomic E-state index is -1.29. The summed E-state index contributed by atoms with van der Waals surface area (Å²) in [6.07, 6.45) is 3.40. The van der Waals surface area contributed by atoms with Crippen LogP contribution in [0.15, 0.2) is 34.9 Å². The molecule has 1 atom stereocenters. The van der Waals surface area contributed by atoms with Gasteiger partial charge in [0.05, 0.1) is 11.2 Å². The van der Waals surface area contributed by atoms with E-state index in [1.807, 2.05) is 58.2 Å². The Bertz CT molecular complexity index is 829. The topological polar surface area (TPSA) is 66.7 Å². The molecule has 0 amide bonds. The number of benzene rings is 1. The van der Waals surface area contributed by atoms with Crippen LogP contribution in [-0.2, 0) is 16.1 Å². The summed E-state index contributed by atoms with van der Waals surface area (Å²) in [4.78, 5) is 12.8. The second kappa shape index (κ2) is 7.55. The van der Waals surface area contributed by atoms with Crippen LogP contribution < -0.4 is 0 Å². The fourth-order valence-corrected chi connectivity index (χ4v) is 3.64. The third kappa shape index (κ3) is 4.03. The summed E-state index contributed by atoms with van der Waals surface area (Å²) in [7, 11) is 0. The van der Waals surface area contributed by atoms with Gasteiger partial charge in [-0.25, -0.2) is 0 Å². The van der Waals surface area contributed by atoms with E-state index in [4.69, 9.17) is 4.74 Å². The van der Waals surface area contributed by atoms with Gasteiger partial charge >= 0.3 is 0 Å². The zero-order valence-corrected chi connectivity index (χ0v) is 16.6. The van der Waals surface area contributed by atoms with Crippen molar-refractivity contribution < 1.29 is 14.1 Å². The summed E-state index contributed by atoms with van der Waals surface area (Å²) in [5.41, 5.74) is 2.56. The minimum absolute atomic E-state index is 0.0246. The van der Waals surface area contributed by atoms with Gasteiger partial charge in [0.2, 0.25) is 5.91 Å². The van der Waals surface area contributed by atoms with Crippen LogP contribution in [-0.4, -0.2) is 38.7 Å².